The van der Waals surface area contributed by atoms with Crippen LogP contribution in [0.15, 0.2) is 24.5 Å². The number of allylic oxidation sites excluding steroid dienone is 1. The van der Waals surface area contributed by atoms with Gasteiger partial charge in [-0.15, -0.1) is 0 Å². The van der Waals surface area contributed by atoms with Crippen LogP contribution in [0.4, 0.5) is 0 Å². The third-order valence-corrected chi connectivity index (χ3v) is 1.76. The molecule has 4 nitrogen and oxygen atoms in total. The lowest BCUT2D eigenvalue weighted by Crippen LogP contribution is -2.03. The molecule has 0 aliphatic rings. The fourth-order valence-corrected chi connectivity index (χ4v) is 1.07. The van der Waals surface area contributed by atoms with E-state index in [0.717, 1.165) is 0 Å². The van der Waals surface area contributed by atoms with E-state index in [4.69, 9.17) is 5.26 Å². The van der Waals surface area contributed by atoms with E-state index >= 15 is 0 Å². The summed E-state index contributed by atoms with van der Waals surface area (Å²) in [7, 11) is 1.32. The van der Waals surface area contributed by atoms with Gasteiger partial charge in [-0.05, 0) is 6.07 Å². The molecule has 1 rings (SSSR count). The summed E-state index contributed by atoms with van der Waals surface area (Å²) in [6.45, 7) is 0. The summed E-state index contributed by atoms with van der Waals surface area (Å²) in [6.07, 6.45) is 6.73. The number of methoxy groups -OCH3 is 1. The Morgan fingerprint density at radius 2 is 2.53 bits per heavy atom. The number of carbonyl (C=O) groups excluding carboxylic acids is 1. The van der Waals surface area contributed by atoms with Crippen molar-refractivity contribution in [1.82, 2.24) is 4.98 Å². The van der Waals surface area contributed by atoms with E-state index in [9.17, 15) is 4.79 Å². The van der Waals surface area contributed by atoms with Gasteiger partial charge in [-0.25, -0.2) is 4.79 Å². The highest BCUT2D eigenvalue weighted by Crippen LogP contribution is 2.10. The number of ether oxygens (including phenoxy) is 1. The molecule has 0 radical (unpaired) electrons. The maximum Gasteiger partial charge on any atom is 0.338 e. The van der Waals surface area contributed by atoms with Crippen LogP contribution in [-0.2, 0) is 4.74 Å². The first kappa shape index (κ1) is 10.9. The number of aromatic nitrogens is 1. The first-order valence-electron chi connectivity index (χ1n) is 4.35. The molecular formula is C11H10N2O2. The molecule has 4 heteroatoms. The summed E-state index contributed by atoms with van der Waals surface area (Å²) in [4.78, 5) is 15.2. The molecule has 0 saturated carbocycles. The molecule has 0 fully saturated rings. The summed E-state index contributed by atoms with van der Waals surface area (Å²) in [5.74, 6) is -0.408. The van der Waals surface area contributed by atoms with Crippen molar-refractivity contribution < 1.29 is 9.53 Å². The van der Waals surface area contributed by atoms with Crippen molar-refractivity contribution in [2.75, 3.05) is 7.11 Å². The Hall–Kier alpha value is -2.15. The van der Waals surface area contributed by atoms with Crippen molar-refractivity contribution in [3.05, 3.63) is 35.7 Å². The van der Waals surface area contributed by atoms with Gasteiger partial charge in [0.05, 0.1) is 25.2 Å². The van der Waals surface area contributed by atoms with E-state index in [0.29, 0.717) is 17.5 Å². The van der Waals surface area contributed by atoms with Crippen LogP contribution >= 0.6 is 0 Å². The maximum absolute atomic E-state index is 11.3. The third kappa shape index (κ3) is 2.92. The predicted octanol–water partition coefficient (Wildman–Crippen LogP) is 1.80. The number of carbonyl (C=O) groups is 1. The number of pyridine rings is 1. The van der Waals surface area contributed by atoms with Crippen LogP contribution in [0.25, 0.3) is 6.08 Å². The lowest BCUT2D eigenvalue weighted by molar-refractivity contribution is 0.0600. The lowest BCUT2D eigenvalue weighted by Gasteiger charge is -2.01. The van der Waals surface area contributed by atoms with Gasteiger partial charge in [0.1, 0.15) is 0 Å². The number of hydrogen-bond donors (Lipinski definition) is 0. The minimum atomic E-state index is -0.408. The first-order valence-corrected chi connectivity index (χ1v) is 4.35. The molecule has 15 heavy (non-hydrogen) atoms. The summed E-state index contributed by atoms with van der Waals surface area (Å²) in [6, 6.07) is 3.56. The fourth-order valence-electron chi connectivity index (χ4n) is 1.07. The summed E-state index contributed by atoms with van der Waals surface area (Å²) in [5.41, 5.74) is 1.10. The minimum Gasteiger partial charge on any atom is -0.465 e. The van der Waals surface area contributed by atoms with E-state index in [1.54, 1.807) is 24.4 Å². The molecule has 0 amide bonds. The second-order valence-electron chi connectivity index (χ2n) is 2.72. The van der Waals surface area contributed by atoms with Crippen molar-refractivity contribution in [3.8, 4) is 6.07 Å². The highest BCUT2D eigenvalue weighted by molar-refractivity contribution is 5.93. The molecule has 76 valence electrons. The Morgan fingerprint density at radius 3 is 3.20 bits per heavy atom. The Balaban J connectivity index is 2.97. The van der Waals surface area contributed by atoms with Gasteiger partial charge in [-0.3, -0.25) is 4.98 Å². The van der Waals surface area contributed by atoms with E-state index in [2.05, 4.69) is 9.72 Å². The highest BCUT2D eigenvalue weighted by Gasteiger charge is 2.08. The maximum atomic E-state index is 11.3. The van der Waals surface area contributed by atoms with Crippen LogP contribution in [0.2, 0.25) is 0 Å². The second-order valence-corrected chi connectivity index (χ2v) is 2.72. The molecule has 1 heterocycles. The van der Waals surface area contributed by atoms with Crippen LogP contribution in [0.1, 0.15) is 22.3 Å². The van der Waals surface area contributed by atoms with Crippen molar-refractivity contribution in [2.45, 2.75) is 6.42 Å². The van der Waals surface area contributed by atoms with Crippen LogP contribution < -0.4 is 0 Å². The Morgan fingerprint density at radius 1 is 1.73 bits per heavy atom. The Kier molecular flexibility index (Phi) is 4.05. The van der Waals surface area contributed by atoms with Crippen molar-refractivity contribution in [2.24, 2.45) is 0 Å². The molecule has 1 aromatic heterocycles. The monoisotopic (exact) mass is 202 g/mol. The zero-order valence-electron chi connectivity index (χ0n) is 8.30. The van der Waals surface area contributed by atoms with Crippen molar-refractivity contribution >= 4 is 12.0 Å². The molecular weight excluding hydrogens is 192 g/mol. The molecule has 0 aliphatic carbocycles. The molecule has 1 aromatic rings. The smallest absolute Gasteiger partial charge is 0.338 e. The van der Waals surface area contributed by atoms with E-state index < -0.39 is 5.97 Å². The van der Waals surface area contributed by atoms with Gasteiger partial charge < -0.3 is 4.74 Å². The number of rotatable bonds is 3. The Labute approximate surface area is 87.8 Å². The molecule has 0 aliphatic heterocycles. The topological polar surface area (TPSA) is 63.0 Å². The number of esters is 1. The van der Waals surface area contributed by atoms with Gasteiger partial charge in [0.15, 0.2) is 0 Å². The van der Waals surface area contributed by atoms with Crippen molar-refractivity contribution in [1.29, 1.82) is 5.26 Å². The first-order chi connectivity index (χ1) is 7.29. The number of nitriles is 1. The standard InChI is InChI=1S/C11H10N2O2/c1-15-11(14)10-5-7-13-8-9(10)4-2-3-6-12/h2,4-5,7-8H,3H2,1H3. The molecule has 0 saturated heterocycles. The van der Waals surface area contributed by atoms with Crippen LogP contribution in [0.3, 0.4) is 0 Å². The van der Waals surface area contributed by atoms with Gasteiger partial charge in [0.25, 0.3) is 0 Å². The summed E-state index contributed by atoms with van der Waals surface area (Å²) < 4.78 is 4.62. The van der Waals surface area contributed by atoms with Crippen LogP contribution in [-0.4, -0.2) is 18.1 Å². The molecule has 0 bridgehead atoms. The number of nitrogens with zero attached hydrogens (tertiary/aromatic N) is 2. The lowest BCUT2D eigenvalue weighted by atomic mass is 10.1. The molecule has 0 unspecified atom stereocenters. The minimum absolute atomic E-state index is 0.301. The van der Waals surface area contributed by atoms with Gasteiger partial charge in [-0.2, -0.15) is 5.26 Å². The average Bonchev–Trinajstić information content (AvgIpc) is 2.29. The van der Waals surface area contributed by atoms with Gasteiger partial charge >= 0.3 is 5.97 Å². The zero-order valence-corrected chi connectivity index (χ0v) is 8.30. The predicted molar refractivity (Wildman–Crippen MR) is 54.8 cm³/mol. The number of hydrogen-bond acceptors (Lipinski definition) is 4. The van der Waals surface area contributed by atoms with Gasteiger partial charge in [0, 0.05) is 18.0 Å². The van der Waals surface area contributed by atoms with E-state index in [1.165, 1.54) is 13.3 Å². The molecule has 0 atom stereocenters. The SMILES string of the molecule is COC(=O)c1ccncc1C=CCC#N. The molecule has 0 spiro atoms. The molecule has 0 aromatic carbocycles. The van der Waals surface area contributed by atoms with Crippen LogP contribution in [0, 0.1) is 11.3 Å². The average molecular weight is 202 g/mol. The van der Waals surface area contributed by atoms with Gasteiger partial charge in [0.2, 0.25) is 0 Å². The van der Waals surface area contributed by atoms with Gasteiger partial charge in [-0.1, -0.05) is 12.2 Å². The van der Waals surface area contributed by atoms with Crippen LogP contribution in [0.5, 0.6) is 0 Å². The fraction of sp³-hybridized carbons (Fsp3) is 0.182. The largest absolute Gasteiger partial charge is 0.465 e. The third-order valence-electron chi connectivity index (χ3n) is 1.76. The highest BCUT2D eigenvalue weighted by atomic mass is 16.5. The summed E-state index contributed by atoms with van der Waals surface area (Å²) >= 11 is 0. The van der Waals surface area contributed by atoms with E-state index in [-0.39, 0.29) is 0 Å². The zero-order chi connectivity index (χ0) is 11.1. The van der Waals surface area contributed by atoms with E-state index in [1.807, 2.05) is 6.07 Å². The normalized spacial score (nSPS) is 9.87. The van der Waals surface area contributed by atoms with Crippen molar-refractivity contribution in [3.63, 3.8) is 0 Å². The molecule has 0 N–H and O–H groups in total. The Bertz CT molecular complexity index is 419. The second kappa shape index (κ2) is 5.55. The quantitative estimate of drug-likeness (QED) is 0.701. The summed E-state index contributed by atoms with van der Waals surface area (Å²) in [5, 5.41) is 8.36.